The molecule has 0 aromatic heterocycles. The summed E-state index contributed by atoms with van der Waals surface area (Å²) in [5, 5.41) is 7.29. The van der Waals surface area contributed by atoms with Crippen LogP contribution in [0.4, 0.5) is 0 Å². The van der Waals surface area contributed by atoms with Gasteiger partial charge in [-0.25, -0.2) is 0 Å². The molecule has 0 aliphatic carbocycles. The lowest BCUT2D eigenvalue weighted by molar-refractivity contribution is 0.340. The van der Waals surface area contributed by atoms with Gasteiger partial charge in [-0.15, -0.1) is 0 Å². The highest BCUT2D eigenvalue weighted by Gasteiger charge is 2.02. The van der Waals surface area contributed by atoms with Gasteiger partial charge in [-0.1, -0.05) is 0 Å². The molecular weight excluding hydrogens is 164 g/mol. The average Bonchev–Trinajstić information content (AvgIpc) is 2.04. The maximum Gasteiger partial charge on any atom is 0.123 e. The van der Waals surface area contributed by atoms with Gasteiger partial charge < -0.3 is 10.5 Å². The molecule has 0 aliphatic rings. The van der Waals surface area contributed by atoms with Crippen molar-refractivity contribution in [3.8, 4) is 5.75 Å². The van der Waals surface area contributed by atoms with Gasteiger partial charge in [0.25, 0.3) is 0 Å². The summed E-state index contributed by atoms with van der Waals surface area (Å²) < 4.78 is 5.31. The van der Waals surface area contributed by atoms with E-state index >= 15 is 0 Å². The summed E-state index contributed by atoms with van der Waals surface area (Å²) >= 11 is 0. The van der Waals surface area contributed by atoms with Crippen molar-refractivity contribution < 1.29 is 4.74 Å². The van der Waals surface area contributed by atoms with Crippen LogP contribution in [0.3, 0.4) is 0 Å². The molecule has 0 spiro atoms. The fraction of sp³-hybridized carbons (Fsp3) is 0.300. The second-order valence-corrected chi connectivity index (χ2v) is 2.82. The number of nitrogens with one attached hydrogen (secondary N) is 1. The number of amidine groups is 1. The third kappa shape index (κ3) is 2.21. The zero-order valence-electron chi connectivity index (χ0n) is 7.92. The summed E-state index contributed by atoms with van der Waals surface area (Å²) in [6, 6.07) is 5.52. The first-order valence-electron chi connectivity index (χ1n) is 4.23. The van der Waals surface area contributed by atoms with Crippen LogP contribution >= 0.6 is 0 Å². The minimum Gasteiger partial charge on any atom is -0.494 e. The molecule has 0 saturated heterocycles. The number of hydrogen-bond donors (Lipinski definition) is 2. The molecule has 0 saturated carbocycles. The third-order valence-corrected chi connectivity index (χ3v) is 1.80. The monoisotopic (exact) mass is 178 g/mol. The van der Waals surface area contributed by atoms with Crippen LogP contribution in [0.15, 0.2) is 18.2 Å². The molecular formula is C10H14N2O. The van der Waals surface area contributed by atoms with Crippen LogP contribution < -0.4 is 10.5 Å². The molecule has 3 nitrogen and oxygen atoms in total. The minimum atomic E-state index is 0.0977. The van der Waals surface area contributed by atoms with Crippen molar-refractivity contribution in [2.45, 2.75) is 13.8 Å². The van der Waals surface area contributed by atoms with Gasteiger partial charge in [0.2, 0.25) is 0 Å². The number of hydrogen-bond acceptors (Lipinski definition) is 2. The molecule has 1 rings (SSSR count). The van der Waals surface area contributed by atoms with Crippen LogP contribution in [0.5, 0.6) is 5.75 Å². The predicted octanol–water partition coefficient (Wildman–Crippen LogP) is 1.68. The Morgan fingerprint density at radius 2 is 2.23 bits per heavy atom. The van der Waals surface area contributed by atoms with E-state index in [1.807, 2.05) is 32.0 Å². The largest absolute Gasteiger partial charge is 0.494 e. The van der Waals surface area contributed by atoms with E-state index in [1.165, 1.54) is 0 Å². The highest BCUT2D eigenvalue weighted by Crippen LogP contribution is 2.16. The molecule has 1 aromatic carbocycles. The lowest BCUT2D eigenvalue weighted by Crippen LogP contribution is -2.12. The van der Waals surface area contributed by atoms with E-state index < -0.39 is 0 Å². The summed E-state index contributed by atoms with van der Waals surface area (Å²) in [5.74, 6) is 0.922. The van der Waals surface area contributed by atoms with Crippen molar-refractivity contribution in [1.29, 1.82) is 5.41 Å². The molecule has 0 aliphatic heterocycles. The van der Waals surface area contributed by atoms with Crippen molar-refractivity contribution >= 4 is 5.84 Å². The number of nitrogens with two attached hydrogens (primary N) is 1. The second kappa shape index (κ2) is 3.94. The molecule has 0 atom stereocenters. The Balaban J connectivity index is 2.98. The zero-order chi connectivity index (χ0) is 9.84. The summed E-state index contributed by atoms with van der Waals surface area (Å²) in [7, 11) is 0. The smallest absolute Gasteiger partial charge is 0.123 e. The Hall–Kier alpha value is -1.51. The topological polar surface area (TPSA) is 59.1 Å². The fourth-order valence-electron chi connectivity index (χ4n) is 1.19. The maximum atomic E-state index is 7.29. The van der Waals surface area contributed by atoms with E-state index in [9.17, 15) is 0 Å². The predicted molar refractivity (Wildman–Crippen MR) is 53.4 cm³/mol. The maximum absolute atomic E-state index is 7.29. The molecule has 3 N–H and O–H groups in total. The Morgan fingerprint density at radius 1 is 1.54 bits per heavy atom. The first-order chi connectivity index (χ1) is 6.15. The molecule has 0 heterocycles. The van der Waals surface area contributed by atoms with Crippen LogP contribution in [0.2, 0.25) is 0 Å². The number of benzene rings is 1. The number of ether oxygens (including phenoxy) is 1. The first kappa shape index (κ1) is 9.58. The van der Waals surface area contributed by atoms with Gasteiger partial charge in [-0.05, 0) is 37.6 Å². The quantitative estimate of drug-likeness (QED) is 0.546. The summed E-state index contributed by atoms with van der Waals surface area (Å²) in [5.41, 5.74) is 7.12. The SMILES string of the molecule is CCOc1ccc(C(=N)N)c(C)c1. The highest BCUT2D eigenvalue weighted by atomic mass is 16.5. The van der Waals surface area contributed by atoms with Crippen molar-refractivity contribution in [1.82, 2.24) is 0 Å². The van der Waals surface area contributed by atoms with Crippen molar-refractivity contribution in [3.05, 3.63) is 29.3 Å². The lowest BCUT2D eigenvalue weighted by atomic mass is 10.1. The van der Waals surface area contributed by atoms with Crippen molar-refractivity contribution in [3.63, 3.8) is 0 Å². The van der Waals surface area contributed by atoms with Gasteiger partial charge in [0.05, 0.1) is 6.61 Å². The fourth-order valence-corrected chi connectivity index (χ4v) is 1.19. The minimum absolute atomic E-state index is 0.0977. The van der Waals surface area contributed by atoms with E-state index in [-0.39, 0.29) is 5.84 Å². The standard InChI is InChI=1S/C10H14N2O/c1-3-13-8-4-5-9(10(11)12)7(2)6-8/h4-6H,3H2,1-2H3,(H3,11,12). The Labute approximate surface area is 78.0 Å². The molecule has 70 valence electrons. The molecule has 13 heavy (non-hydrogen) atoms. The second-order valence-electron chi connectivity index (χ2n) is 2.82. The molecule has 0 radical (unpaired) electrons. The number of nitrogen functional groups attached to an aromatic ring is 1. The van der Waals surface area contributed by atoms with Crippen LogP contribution in [-0.2, 0) is 0 Å². The lowest BCUT2D eigenvalue weighted by Gasteiger charge is -2.07. The molecule has 1 aromatic rings. The van der Waals surface area contributed by atoms with E-state index in [0.29, 0.717) is 6.61 Å². The Morgan fingerprint density at radius 3 is 2.69 bits per heavy atom. The zero-order valence-corrected chi connectivity index (χ0v) is 7.92. The van der Waals surface area contributed by atoms with Gasteiger partial charge >= 0.3 is 0 Å². The van der Waals surface area contributed by atoms with Crippen LogP contribution in [0, 0.1) is 12.3 Å². The van der Waals surface area contributed by atoms with E-state index in [1.54, 1.807) is 0 Å². The molecule has 0 unspecified atom stereocenters. The van der Waals surface area contributed by atoms with Gasteiger partial charge in [-0.3, -0.25) is 5.41 Å². The summed E-state index contributed by atoms with van der Waals surface area (Å²) in [6.45, 7) is 4.51. The molecule has 0 fully saturated rings. The van der Waals surface area contributed by atoms with Crippen molar-refractivity contribution in [2.24, 2.45) is 5.73 Å². The van der Waals surface area contributed by atoms with Crippen LogP contribution in [0.1, 0.15) is 18.1 Å². The van der Waals surface area contributed by atoms with Gasteiger partial charge in [0.1, 0.15) is 11.6 Å². The molecule has 3 heteroatoms. The third-order valence-electron chi connectivity index (χ3n) is 1.80. The molecule has 0 amide bonds. The van der Waals surface area contributed by atoms with E-state index in [4.69, 9.17) is 15.9 Å². The van der Waals surface area contributed by atoms with E-state index in [2.05, 4.69) is 0 Å². The van der Waals surface area contributed by atoms with E-state index in [0.717, 1.165) is 16.9 Å². The van der Waals surface area contributed by atoms with Gasteiger partial charge in [0, 0.05) is 5.56 Å². The van der Waals surface area contributed by atoms with Gasteiger partial charge in [0.15, 0.2) is 0 Å². The Kier molecular flexibility index (Phi) is 2.90. The normalized spacial score (nSPS) is 9.69. The number of rotatable bonds is 3. The first-order valence-corrected chi connectivity index (χ1v) is 4.23. The van der Waals surface area contributed by atoms with Crippen molar-refractivity contribution in [2.75, 3.05) is 6.61 Å². The summed E-state index contributed by atoms with van der Waals surface area (Å²) in [4.78, 5) is 0. The van der Waals surface area contributed by atoms with Crippen LogP contribution in [-0.4, -0.2) is 12.4 Å². The average molecular weight is 178 g/mol. The Bertz CT molecular complexity index is 321. The van der Waals surface area contributed by atoms with Gasteiger partial charge in [-0.2, -0.15) is 0 Å². The summed E-state index contributed by atoms with van der Waals surface area (Å²) in [6.07, 6.45) is 0. The highest BCUT2D eigenvalue weighted by molar-refractivity contribution is 5.96. The number of aryl methyl sites for hydroxylation is 1. The van der Waals surface area contributed by atoms with Crippen LogP contribution in [0.25, 0.3) is 0 Å². The molecule has 0 bridgehead atoms.